The standard InChI is InChI=1S/C11H16N2O/c14-11-5-10-13(11)9-4-3-8-12-6-1-2-7-12/h1-2,5-10H2. The van der Waals surface area contributed by atoms with Crippen molar-refractivity contribution in [3.8, 4) is 11.8 Å². The van der Waals surface area contributed by atoms with Crippen LogP contribution in [0, 0.1) is 11.8 Å². The second-order valence-electron chi connectivity index (χ2n) is 3.90. The number of carbonyl (C=O) groups is 1. The molecule has 0 radical (unpaired) electrons. The molecule has 0 bridgehead atoms. The molecule has 14 heavy (non-hydrogen) atoms. The van der Waals surface area contributed by atoms with Gasteiger partial charge in [-0.1, -0.05) is 11.8 Å². The Morgan fingerprint density at radius 1 is 1.07 bits per heavy atom. The second kappa shape index (κ2) is 4.47. The van der Waals surface area contributed by atoms with Crippen molar-refractivity contribution in [3.05, 3.63) is 0 Å². The molecule has 3 heteroatoms. The fraction of sp³-hybridized carbons (Fsp3) is 0.727. The Labute approximate surface area is 85.1 Å². The van der Waals surface area contributed by atoms with Crippen LogP contribution < -0.4 is 0 Å². The minimum absolute atomic E-state index is 0.250. The first kappa shape index (κ1) is 9.54. The molecule has 0 aromatic heterocycles. The summed E-state index contributed by atoms with van der Waals surface area (Å²) in [4.78, 5) is 15.1. The normalized spacial score (nSPS) is 21.7. The first-order chi connectivity index (χ1) is 6.86. The molecule has 2 aliphatic heterocycles. The molecule has 0 aliphatic carbocycles. The van der Waals surface area contributed by atoms with E-state index < -0.39 is 0 Å². The second-order valence-corrected chi connectivity index (χ2v) is 3.90. The van der Waals surface area contributed by atoms with Gasteiger partial charge in [0, 0.05) is 13.0 Å². The lowest BCUT2D eigenvalue weighted by Gasteiger charge is -2.28. The third kappa shape index (κ3) is 2.27. The van der Waals surface area contributed by atoms with E-state index in [-0.39, 0.29) is 5.91 Å². The summed E-state index contributed by atoms with van der Waals surface area (Å²) in [7, 11) is 0. The maximum Gasteiger partial charge on any atom is 0.225 e. The number of hydrogen-bond acceptors (Lipinski definition) is 2. The molecule has 1 amide bonds. The summed E-state index contributed by atoms with van der Waals surface area (Å²) in [6, 6.07) is 0. The van der Waals surface area contributed by atoms with Gasteiger partial charge in [0.05, 0.1) is 13.1 Å². The molecular formula is C11H16N2O. The van der Waals surface area contributed by atoms with Crippen LogP contribution in [0.5, 0.6) is 0 Å². The first-order valence-corrected chi connectivity index (χ1v) is 5.32. The summed E-state index contributed by atoms with van der Waals surface area (Å²) >= 11 is 0. The number of amides is 1. The van der Waals surface area contributed by atoms with Gasteiger partial charge in [0.1, 0.15) is 0 Å². The predicted molar refractivity (Wildman–Crippen MR) is 54.6 cm³/mol. The zero-order valence-electron chi connectivity index (χ0n) is 8.46. The number of nitrogens with zero attached hydrogens (tertiary/aromatic N) is 2. The van der Waals surface area contributed by atoms with Crippen molar-refractivity contribution in [2.75, 3.05) is 32.7 Å². The fourth-order valence-corrected chi connectivity index (χ4v) is 1.79. The largest absolute Gasteiger partial charge is 0.331 e. The molecule has 0 saturated carbocycles. The van der Waals surface area contributed by atoms with Crippen LogP contribution in [-0.2, 0) is 4.79 Å². The zero-order valence-corrected chi connectivity index (χ0v) is 8.46. The first-order valence-electron chi connectivity index (χ1n) is 5.32. The van der Waals surface area contributed by atoms with E-state index in [1.165, 1.54) is 25.9 Å². The quantitative estimate of drug-likeness (QED) is 0.464. The monoisotopic (exact) mass is 192 g/mol. The van der Waals surface area contributed by atoms with Crippen LogP contribution in [0.3, 0.4) is 0 Å². The molecule has 0 atom stereocenters. The topological polar surface area (TPSA) is 23.6 Å². The van der Waals surface area contributed by atoms with Gasteiger partial charge in [0.2, 0.25) is 5.91 Å². The van der Waals surface area contributed by atoms with Crippen LogP contribution >= 0.6 is 0 Å². The highest BCUT2D eigenvalue weighted by Crippen LogP contribution is 2.07. The molecule has 76 valence electrons. The molecule has 0 unspecified atom stereocenters. The highest BCUT2D eigenvalue weighted by molar-refractivity contribution is 5.81. The fourth-order valence-electron chi connectivity index (χ4n) is 1.79. The van der Waals surface area contributed by atoms with Crippen molar-refractivity contribution in [2.24, 2.45) is 0 Å². The highest BCUT2D eigenvalue weighted by atomic mass is 16.2. The molecule has 3 nitrogen and oxygen atoms in total. The number of hydrogen-bond donors (Lipinski definition) is 0. The van der Waals surface area contributed by atoms with Crippen molar-refractivity contribution >= 4 is 5.91 Å². The third-order valence-electron chi connectivity index (χ3n) is 2.84. The number of likely N-dealkylation sites (tertiary alicyclic amines) is 2. The van der Waals surface area contributed by atoms with E-state index in [4.69, 9.17) is 0 Å². The van der Waals surface area contributed by atoms with Gasteiger partial charge < -0.3 is 4.90 Å². The summed E-state index contributed by atoms with van der Waals surface area (Å²) in [5.74, 6) is 6.44. The van der Waals surface area contributed by atoms with Crippen molar-refractivity contribution in [1.29, 1.82) is 0 Å². The number of β-lactam (4-membered cyclic amide) rings is 1. The molecule has 2 fully saturated rings. The van der Waals surface area contributed by atoms with Gasteiger partial charge in [0.25, 0.3) is 0 Å². The molecule has 2 rings (SSSR count). The van der Waals surface area contributed by atoms with Crippen molar-refractivity contribution in [3.63, 3.8) is 0 Å². The molecule has 0 aromatic carbocycles. The van der Waals surface area contributed by atoms with Crippen molar-refractivity contribution in [1.82, 2.24) is 9.80 Å². The van der Waals surface area contributed by atoms with E-state index in [9.17, 15) is 4.79 Å². The summed E-state index contributed by atoms with van der Waals surface area (Å²) < 4.78 is 0. The molecule has 0 spiro atoms. The number of carbonyl (C=O) groups excluding carboxylic acids is 1. The SMILES string of the molecule is O=C1CCN1CC#CCN1CCCC1. The van der Waals surface area contributed by atoms with Crippen molar-refractivity contribution in [2.45, 2.75) is 19.3 Å². The molecule has 2 saturated heterocycles. The Bertz CT molecular complexity index is 271. The van der Waals surface area contributed by atoms with Crippen LogP contribution in [-0.4, -0.2) is 48.4 Å². The van der Waals surface area contributed by atoms with Gasteiger partial charge >= 0.3 is 0 Å². The molecule has 2 aliphatic rings. The average molecular weight is 192 g/mol. The van der Waals surface area contributed by atoms with Gasteiger partial charge in [-0.05, 0) is 25.9 Å². The third-order valence-corrected chi connectivity index (χ3v) is 2.84. The van der Waals surface area contributed by atoms with Crippen LogP contribution in [0.4, 0.5) is 0 Å². The van der Waals surface area contributed by atoms with Crippen LogP contribution in [0.2, 0.25) is 0 Å². The predicted octanol–water partition coefficient (Wildman–Crippen LogP) is 0.318. The smallest absolute Gasteiger partial charge is 0.225 e. The summed E-state index contributed by atoms with van der Waals surface area (Å²) in [6.07, 6.45) is 3.34. The van der Waals surface area contributed by atoms with E-state index in [1.807, 2.05) is 0 Å². The van der Waals surface area contributed by atoms with Gasteiger partial charge in [0.15, 0.2) is 0 Å². The zero-order chi connectivity index (χ0) is 9.80. The van der Waals surface area contributed by atoms with Crippen LogP contribution in [0.15, 0.2) is 0 Å². The van der Waals surface area contributed by atoms with Crippen LogP contribution in [0.25, 0.3) is 0 Å². The minimum Gasteiger partial charge on any atom is -0.331 e. The Kier molecular flexibility index (Phi) is 3.05. The lowest BCUT2D eigenvalue weighted by molar-refractivity contribution is -0.138. The molecule has 0 N–H and O–H groups in total. The van der Waals surface area contributed by atoms with E-state index in [1.54, 1.807) is 4.90 Å². The summed E-state index contributed by atoms with van der Waals surface area (Å²) in [5, 5.41) is 0. The van der Waals surface area contributed by atoms with Crippen molar-refractivity contribution < 1.29 is 4.79 Å². The Morgan fingerprint density at radius 3 is 2.36 bits per heavy atom. The lowest BCUT2D eigenvalue weighted by atomic mass is 10.2. The highest BCUT2D eigenvalue weighted by Gasteiger charge is 2.21. The van der Waals surface area contributed by atoms with Gasteiger partial charge in [-0.25, -0.2) is 0 Å². The molecule has 0 aromatic rings. The van der Waals surface area contributed by atoms with E-state index in [0.29, 0.717) is 13.0 Å². The maximum absolute atomic E-state index is 10.9. The van der Waals surface area contributed by atoms with Crippen LogP contribution in [0.1, 0.15) is 19.3 Å². The minimum atomic E-state index is 0.250. The molecule has 2 heterocycles. The van der Waals surface area contributed by atoms with Gasteiger partial charge in [-0.3, -0.25) is 9.69 Å². The summed E-state index contributed by atoms with van der Waals surface area (Å²) in [5.41, 5.74) is 0. The Morgan fingerprint density at radius 2 is 1.79 bits per heavy atom. The Balaban J connectivity index is 1.64. The Hall–Kier alpha value is -1.01. The van der Waals surface area contributed by atoms with Gasteiger partial charge in [-0.15, -0.1) is 0 Å². The molecular weight excluding hydrogens is 176 g/mol. The van der Waals surface area contributed by atoms with E-state index in [2.05, 4.69) is 16.7 Å². The van der Waals surface area contributed by atoms with E-state index >= 15 is 0 Å². The van der Waals surface area contributed by atoms with Gasteiger partial charge in [-0.2, -0.15) is 0 Å². The summed E-state index contributed by atoms with van der Waals surface area (Å²) in [6.45, 7) is 4.79. The number of rotatable bonds is 2. The lowest BCUT2D eigenvalue weighted by Crippen LogP contribution is -2.43. The van der Waals surface area contributed by atoms with E-state index in [0.717, 1.165) is 13.1 Å². The maximum atomic E-state index is 10.9. The average Bonchev–Trinajstić information content (AvgIpc) is 2.68.